The fraction of sp³-hybridized carbons (Fsp3) is 0.421. The molecular formula is C19H27N5O2. The number of nitrogens with one attached hydrogen (secondary N) is 2. The fourth-order valence-electron chi connectivity index (χ4n) is 2.28. The Morgan fingerprint density at radius 3 is 2.73 bits per heavy atom. The van der Waals surface area contributed by atoms with Gasteiger partial charge in [0, 0.05) is 12.7 Å². The number of amides is 1. The molecular weight excluding hydrogens is 330 g/mol. The predicted octanol–water partition coefficient (Wildman–Crippen LogP) is 2.69. The van der Waals surface area contributed by atoms with Gasteiger partial charge < -0.3 is 20.3 Å². The van der Waals surface area contributed by atoms with Gasteiger partial charge >= 0.3 is 0 Å². The molecule has 7 nitrogen and oxygen atoms in total. The van der Waals surface area contributed by atoms with Crippen molar-refractivity contribution < 1.29 is 9.53 Å². The minimum Gasteiger partial charge on any atom is -0.489 e. The van der Waals surface area contributed by atoms with Crippen molar-refractivity contribution in [3.8, 4) is 5.75 Å². The monoisotopic (exact) mass is 357 g/mol. The number of aromatic nitrogens is 2. The van der Waals surface area contributed by atoms with Crippen LogP contribution in [0.2, 0.25) is 0 Å². The summed E-state index contributed by atoms with van der Waals surface area (Å²) in [6, 6.07) is 9.17. The summed E-state index contributed by atoms with van der Waals surface area (Å²) in [7, 11) is 4.01. The van der Waals surface area contributed by atoms with Crippen molar-refractivity contribution in [2.24, 2.45) is 0 Å². The molecule has 0 bridgehead atoms. The van der Waals surface area contributed by atoms with E-state index in [1.807, 2.05) is 52.2 Å². The van der Waals surface area contributed by atoms with Crippen LogP contribution >= 0.6 is 0 Å². The molecule has 0 aliphatic heterocycles. The van der Waals surface area contributed by atoms with Gasteiger partial charge in [-0.05, 0) is 59.1 Å². The molecule has 2 rings (SSSR count). The molecule has 1 heterocycles. The van der Waals surface area contributed by atoms with Crippen LogP contribution in [0.1, 0.15) is 30.8 Å². The SMILES string of the molecule is CC(C)Oc1ccccc1Nc1nccc(C(=O)NCCCN(C)C)n1. The van der Waals surface area contributed by atoms with E-state index in [0.29, 0.717) is 23.9 Å². The van der Waals surface area contributed by atoms with Crippen molar-refractivity contribution in [1.29, 1.82) is 0 Å². The molecule has 0 saturated heterocycles. The van der Waals surface area contributed by atoms with Crippen molar-refractivity contribution in [1.82, 2.24) is 20.2 Å². The van der Waals surface area contributed by atoms with E-state index in [1.54, 1.807) is 12.3 Å². The van der Waals surface area contributed by atoms with Gasteiger partial charge in [0.1, 0.15) is 11.4 Å². The zero-order chi connectivity index (χ0) is 18.9. The van der Waals surface area contributed by atoms with E-state index in [9.17, 15) is 4.79 Å². The van der Waals surface area contributed by atoms with Gasteiger partial charge in [0.05, 0.1) is 11.8 Å². The number of ether oxygens (including phenoxy) is 1. The Labute approximate surface area is 154 Å². The third-order valence-corrected chi connectivity index (χ3v) is 3.45. The lowest BCUT2D eigenvalue weighted by Gasteiger charge is -2.15. The average molecular weight is 357 g/mol. The summed E-state index contributed by atoms with van der Waals surface area (Å²) in [5, 5.41) is 6.00. The first kappa shape index (κ1) is 19.7. The fourth-order valence-corrected chi connectivity index (χ4v) is 2.28. The number of carbonyl (C=O) groups is 1. The summed E-state index contributed by atoms with van der Waals surface area (Å²) < 4.78 is 5.78. The lowest BCUT2D eigenvalue weighted by Crippen LogP contribution is -2.28. The molecule has 2 aromatic rings. The number of carbonyl (C=O) groups excluding carboxylic acids is 1. The number of benzene rings is 1. The van der Waals surface area contributed by atoms with Gasteiger partial charge in [0.25, 0.3) is 5.91 Å². The first-order valence-corrected chi connectivity index (χ1v) is 8.74. The topological polar surface area (TPSA) is 79.4 Å². The molecule has 0 fully saturated rings. The second-order valence-electron chi connectivity index (χ2n) is 6.47. The maximum Gasteiger partial charge on any atom is 0.270 e. The van der Waals surface area contributed by atoms with Crippen LogP contribution in [0.25, 0.3) is 0 Å². The highest BCUT2D eigenvalue weighted by molar-refractivity contribution is 5.92. The lowest BCUT2D eigenvalue weighted by molar-refractivity contribution is 0.0947. The standard InChI is InChI=1S/C19H27N5O2/c1-14(2)26-17-9-6-5-8-15(17)22-19-21-12-10-16(23-19)18(25)20-11-7-13-24(3)4/h5-6,8-10,12,14H,7,11,13H2,1-4H3,(H,20,25)(H,21,22,23). The summed E-state index contributed by atoms with van der Waals surface area (Å²) in [6.07, 6.45) is 2.50. The molecule has 1 aromatic carbocycles. The predicted molar refractivity (Wildman–Crippen MR) is 103 cm³/mol. The third-order valence-electron chi connectivity index (χ3n) is 3.45. The Kier molecular flexibility index (Phi) is 7.35. The normalized spacial score (nSPS) is 10.8. The first-order chi connectivity index (χ1) is 12.5. The largest absolute Gasteiger partial charge is 0.489 e. The van der Waals surface area contributed by atoms with Crippen molar-refractivity contribution in [3.05, 3.63) is 42.2 Å². The van der Waals surface area contributed by atoms with E-state index >= 15 is 0 Å². The van der Waals surface area contributed by atoms with Gasteiger partial charge in [-0.15, -0.1) is 0 Å². The molecule has 0 aliphatic carbocycles. The maximum atomic E-state index is 12.2. The third kappa shape index (κ3) is 6.33. The molecule has 0 radical (unpaired) electrons. The van der Waals surface area contributed by atoms with Crippen LogP contribution in [-0.4, -0.2) is 54.1 Å². The van der Waals surface area contributed by atoms with Crippen molar-refractivity contribution in [3.63, 3.8) is 0 Å². The van der Waals surface area contributed by atoms with Crippen molar-refractivity contribution >= 4 is 17.5 Å². The maximum absolute atomic E-state index is 12.2. The van der Waals surface area contributed by atoms with Crippen LogP contribution in [0.5, 0.6) is 5.75 Å². The molecule has 0 atom stereocenters. The molecule has 2 N–H and O–H groups in total. The molecule has 140 valence electrons. The van der Waals surface area contributed by atoms with Crippen LogP contribution in [-0.2, 0) is 0 Å². The van der Waals surface area contributed by atoms with Gasteiger partial charge in [0.15, 0.2) is 0 Å². The second kappa shape index (κ2) is 9.72. The highest BCUT2D eigenvalue weighted by Gasteiger charge is 2.10. The Morgan fingerprint density at radius 1 is 1.23 bits per heavy atom. The molecule has 7 heteroatoms. The van der Waals surface area contributed by atoms with Crippen LogP contribution in [0.3, 0.4) is 0 Å². The van der Waals surface area contributed by atoms with E-state index in [-0.39, 0.29) is 12.0 Å². The van der Waals surface area contributed by atoms with E-state index in [0.717, 1.165) is 18.7 Å². The van der Waals surface area contributed by atoms with Gasteiger partial charge in [0.2, 0.25) is 5.95 Å². The summed E-state index contributed by atoms with van der Waals surface area (Å²) in [5.41, 5.74) is 1.08. The zero-order valence-electron chi connectivity index (χ0n) is 15.8. The highest BCUT2D eigenvalue weighted by atomic mass is 16.5. The number of hydrogen-bond donors (Lipinski definition) is 2. The second-order valence-corrected chi connectivity index (χ2v) is 6.47. The van der Waals surface area contributed by atoms with Crippen molar-refractivity contribution in [2.45, 2.75) is 26.4 Å². The Morgan fingerprint density at radius 2 is 2.00 bits per heavy atom. The summed E-state index contributed by atoms with van der Waals surface area (Å²) >= 11 is 0. The molecule has 1 amide bonds. The number of nitrogens with zero attached hydrogens (tertiary/aromatic N) is 3. The van der Waals surface area contributed by atoms with Crippen LogP contribution in [0.4, 0.5) is 11.6 Å². The molecule has 0 aliphatic rings. The Balaban J connectivity index is 2.02. The van der Waals surface area contributed by atoms with Crippen LogP contribution in [0.15, 0.2) is 36.5 Å². The van der Waals surface area contributed by atoms with Gasteiger partial charge in [-0.3, -0.25) is 4.79 Å². The Hall–Kier alpha value is -2.67. The van der Waals surface area contributed by atoms with Crippen LogP contribution in [0, 0.1) is 0 Å². The summed E-state index contributed by atoms with van der Waals surface area (Å²) in [6.45, 7) is 5.46. The van der Waals surface area contributed by atoms with E-state index < -0.39 is 0 Å². The number of rotatable bonds is 9. The zero-order valence-corrected chi connectivity index (χ0v) is 15.8. The van der Waals surface area contributed by atoms with E-state index in [4.69, 9.17) is 4.74 Å². The van der Waals surface area contributed by atoms with Gasteiger partial charge in [-0.2, -0.15) is 0 Å². The molecule has 0 spiro atoms. The van der Waals surface area contributed by atoms with Crippen LogP contribution < -0.4 is 15.4 Å². The quantitative estimate of drug-likeness (QED) is 0.672. The minimum atomic E-state index is -0.207. The number of para-hydroxylation sites is 2. The summed E-state index contributed by atoms with van der Waals surface area (Å²) in [4.78, 5) is 22.8. The number of hydrogen-bond acceptors (Lipinski definition) is 6. The average Bonchev–Trinajstić information content (AvgIpc) is 2.60. The van der Waals surface area contributed by atoms with Gasteiger partial charge in [-0.1, -0.05) is 12.1 Å². The molecule has 0 unspecified atom stereocenters. The highest BCUT2D eigenvalue weighted by Crippen LogP contribution is 2.26. The molecule has 1 aromatic heterocycles. The summed E-state index contributed by atoms with van der Waals surface area (Å²) in [5.74, 6) is 0.858. The lowest BCUT2D eigenvalue weighted by atomic mass is 10.3. The van der Waals surface area contributed by atoms with Gasteiger partial charge in [-0.25, -0.2) is 9.97 Å². The van der Waals surface area contributed by atoms with E-state index in [1.165, 1.54) is 0 Å². The molecule has 26 heavy (non-hydrogen) atoms. The molecule has 0 saturated carbocycles. The smallest absolute Gasteiger partial charge is 0.270 e. The Bertz CT molecular complexity index is 719. The number of anilines is 2. The first-order valence-electron chi connectivity index (χ1n) is 8.74. The minimum absolute atomic E-state index is 0.0538. The van der Waals surface area contributed by atoms with Crippen molar-refractivity contribution in [2.75, 3.05) is 32.5 Å². The van der Waals surface area contributed by atoms with E-state index in [2.05, 4.69) is 25.5 Å².